The zero-order valence-electron chi connectivity index (χ0n) is 10.9. The summed E-state index contributed by atoms with van der Waals surface area (Å²) in [6, 6.07) is 4.25. The van der Waals surface area contributed by atoms with E-state index < -0.39 is 11.6 Å². The molecule has 1 aromatic carbocycles. The van der Waals surface area contributed by atoms with Gasteiger partial charge in [0.2, 0.25) is 0 Å². The number of halogens is 2. The fourth-order valence-electron chi connectivity index (χ4n) is 2.41. The summed E-state index contributed by atoms with van der Waals surface area (Å²) in [5.41, 5.74) is 4.22. The van der Waals surface area contributed by atoms with Gasteiger partial charge in [0.05, 0.1) is 11.8 Å². The zero-order valence-corrected chi connectivity index (χ0v) is 11.7. The second-order valence-corrected chi connectivity index (χ2v) is 5.92. The summed E-state index contributed by atoms with van der Waals surface area (Å²) in [4.78, 5) is 4.62. The van der Waals surface area contributed by atoms with Gasteiger partial charge in [0.25, 0.3) is 0 Å². The van der Waals surface area contributed by atoms with Crippen LogP contribution < -0.4 is 5.43 Å². The van der Waals surface area contributed by atoms with Crippen molar-refractivity contribution in [1.29, 1.82) is 0 Å². The average molecular weight is 295 g/mol. The Labute approximate surface area is 120 Å². The van der Waals surface area contributed by atoms with Crippen molar-refractivity contribution in [2.24, 2.45) is 10.1 Å². The molecular weight excluding hydrogens is 280 g/mol. The van der Waals surface area contributed by atoms with Crippen molar-refractivity contribution in [3.63, 3.8) is 0 Å². The largest absolute Gasteiger partial charge is 0.258 e. The van der Waals surface area contributed by atoms with Crippen molar-refractivity contribution in [2.45, 2.75) is 31.7 Å². The van der Waals surface area contributed by atoms with Crippen LogP contribution in [0.15, 0.2) is 28.3 Å². The Morgan fingerprint density at radius 3 is 2.65 bits per heavy atom. The minimum atomic E-state index is -0.847. The number of hydrogen-bond acceptors (Lipinski definition) is 3. The predicted molar refractivity (Wildman–Crippen MR) is 78.2 cm³/mol. The normalized spacial score (nSPS) is 21.9. The van der Waals surface area contributed by atoms with Crippen molar-refractivity contribution >= 4 is 22.6 Å². The number of hydrazone groups is 1. The maximum absolute atomic E-state index is 13.2. The van der Waals surface area contributed by atoms with Gasteiger partial charge in [0.15, 0.2) is 16.8 Å². The third-order valence-corrected chi connectivity index (χ3v) is 4.40. The monoisotopic (exact) mass is 295 g/mol. The molecule has 0 bridgehead atoms. The molecule has 1 heterocycles. The number of benzene rings is 1. The lowest BCUT2D eigenvalue weighted by atomic mass is 10.1. The van der Waals surface area contributed by atoms with E-state index in [4.69, 9.17) is 0 Å². The topological polar surface area (TPSA) is 36.8 Å². The number of nitrogens with one attached hydrogen (secondary N) is 1. The third-order valence-electron chi connectivity index (χ3n) is 3.51. The molecule has 0 amide bonds. The average Bonchev–Trinajstić information content (AvgIpc) is 2.96. The second-order valence-electron chi connectivity index (χ2n) is 4.96. The van der Waals surface area contributed by atoms with E-state index in [0.717, 1.165) is 24.1 Å². The highest BCUT2D eigenvalue weighted by molar-refractivity contribution is 8.14. The van der Waals surface area contributed by atoms with Crippen LogP contribution in [0.25, 0.3) is 0 Å². The Morgan fingerprint density at radius 1 is 1.20 bits per heavy atom. The van der Waals surface area contributed by atoms with E-state index >= 15 is 0 Å². The van der Waals surface area contributed by atoms with E-state index in [-0.39, 0.29) is 0 Å². The first-order valence-electron chi connectivity index (χ1n) is 6.71. The molecule has 0 unspecified atom stereocenters. The van der Waals surface area contributed by atoms with Crippen molar-refractivity contribution in [1.82, 2.24) is 5.43 Å². The number of thioether (sulfide) groups is 1. The molecule has 0 aromatic heterocycles. The SMILES string of the molecule is Fc1ccc(C2=NNC(=NC3CCCC3)SC2)cc1F. The quantitative estimate of drug-likeness (QED) is 0.909. The third kappa shape index (κ3) is 3.00. The van der Waals surface area contributed by atoms with Gasteiger partial charge in [-0.25, -0.2) is 8.78 Å². The highest BCUT2D eigenvalue weighted by atomic mass is 32.2. The molecular formula is C14H15F2N3S. The fourth-order valence-corrected chi connectivity index (χ4v) is 3.24. The lowest BCUT2D eigenvalue weighted by molar-refractivity contribution is 0.508. The van der Waals surface area contributed by atoms with E-state index in [2.05, 4.69) is 15.5 Å². The lowest BCUT2D eigenvalue weighted by Gasteiger charge is -2.16. The van der Waals surface area contributed by atoms with Gasteiger partial charge in [-0.2, -0.15) is 5.10 Å². The van der Waals surface area contributed by atoms with Crippen molar-refractivity contribution in [3.05, 3.63) is 35.4 Å². The Kier molecular flexibility index (Phi) is 4.00. The van der Waals surface area contributed by atoms with E-state index in [1.54, 1.807) is 17.8 Å². The lowest BCUT2D eigenvalue weighted by Crippen LogP contribution is -2.26. The van der Waals surface area contributed by atoms with Crippen LogP contribution in [-0.2, 0) is 0 Å². The molecule has 20 heavy (non-hydrogen) atoms. The highest BCUT2D eigenvalue weighted by Crippen LogP contribution is 2.23. The van der Waals surface area contributed by atoms with Crippen LogP contribution in [0.2, 0.25) is 0 Å². The summed E-state index contributed by atoms with van der Waals surface area (Å²) in [5.74, 6) is -1.07. The first kappa shape index (κ1) is 13.5. The van der Waals surface area contributed by atoms with Crippen LogP contribution in [-0.4, -0.2) is 22.7 Å². The van der Waals surface area contributed by atoms with E-state index in [1.165, 1.54) is 18.9 Å². The standard InChI is InChI=1S/C14H15F2N3S/c15-11-6-5-9(7-12(11)16)13-8-20-14(19-18-13)17-10-3-1-2-4-10/h5-7,10H,1-4,8H2,(H,17,19). The molecule has 1 aliphatic heterocycles. The van der Waals surface area contributed by atoms with Crippen LogP contribution in [0.5, 0.6) is 0 Å². The summed E-state index contributed by atoms with van der Waals surface area (Å²) in [7, 11) is 0. The van der Waals surface area contributed by atoms with Crippen LogP contribution in [0.1, 0.15) is 31.2 Å². The number of aliphatic imine (C=N–C) groups is 1. The van der Waals surface area contributed by atoms with Crippen molar-refractivity contribution in [3.8, 4) is 0 Å². The molecule has 6 heteroatoms. The van der Waals surface area contributed by atoms with E-state index in [0.29, 0.717) is 23.1 Å². The predicted octanol–water partition coefficient (Wildman–Crippen LogP) is 3.30. The Balaban J connectivity index is 1.71. The summed E-state index contributed by atoms with van der Waals surface area (Å²) >= 11 is 1.55. The molecule has 2 aliphatic rings. The first-order valence-corrected chi connectivity index (χ1v) is 7.69. The number of hydrogen-bond donors (Lipinski definition) is 1. The van der Waals surface area contributed by atoms with Gasteiger partial charge in [0.1, 0.15) is 0 Å². The number of nitrogens with zero attached hydrogens (tertiary/aromatic N) is 2. The van der Waals surface area contributed by atoms with Crippen LogP contribution in [0, 0.1) is 11.6 Å². The molecule has 0 atom stereocenters. The molecule has 1 fully saturated rings. The summed E-state index contributed by atoms with van der Waals surface area (Å²) < 4.78 is 26.1. The van der Waals surface area contributed by atoms with Gasteiger partial charge >= 0.3 is 0 Å². The van der Waals surface area contributed by atoms with Gasteiger partial charge in [-0.1, -0.05) is 24.6 Å². The second kappa shape index (κ2) is 5.91. The molecule has 106 valence electrons. The van der Waals surface area contributed by atoms with Crippen molar-refractivity contribution < 1.29 is 8.78 Å². The molecule has 3 rings (SSSR count). The number of rotatable bonds is 2. The molecule has 1 saturated carbocycles. The molecule has 1 aliphatic carbocycles. The Hall–Kier alpha value is -1.43. The van der Waals surface area contributed by atoms with Crippen molar-refractivity contribution in [2.75, 3.05) is 5.75 Å². The van der Waals surface area contributed by atoms with Crippen LogP contribution >= 0.6 is 11.8 Å². The molecule has 0 spiro atoms. The zero-order chi connectivity index (χ0) is 13.9. The number of amidine groups is 1. The summed E-state index contributed by atoms with van der Waals surface area (Å²) in [6.45, 7) is 0. The van der Waals surface area contributed by atoms with Gasteiger partial charge in [-0.05, 0) is 31.0 Å². The minimum absolute atomic E-state index is 0.407. The highest BCUT2D eigenvalue weighted by Gasteiger charge is 2.18. The first-order chi connectivity index (χ1) is 9.72. The summed E-state index contributed by atoms with van der Waals surface area (Å²) in [5, 5.41) is 5.04. The maximum atomic E-state index is 13.2. The van der Waals surface area contributed by atoms with E-state index in [1.807, 2.05) is 0 Å². The van der Waals surface area contributed by atoms with Crippen LogP contribution in [0.4, 0.5) is 8.78 Å². The maximum Gasteiger partial charge on any atom is 0.177 e. The molecule has 1 aromatic rings. The Morgan fingerprint density at radius 2 is 2.00 bits per heavy atom. The van der Waals surface area contributed by atoms with Gasteiger partial charge in [-0.15, -0.1) is 0 Å². The summed E-state index contributed by atoms with van der Waals surface area (Å²) in [6.07, 6.45) is 4.78. The molecule has 3 nitrogen and oxygen atoms in total. The molecule has 0 saturated heterocycles. The van der Waals surface area contributed by atoms with Crippen LogP contribution in [0.3, 0.4) is 0 Å². The van der Waals surface area contributed by atoms with Gasteiger partial charge in [-0.3, -0.25) is 10.4 Å². The van der Waals surface area contributed by atoms with Gasteiger partial charge in [0, 0.05) is 11.3 Å². The minimum Gasteiger partial charge on any atom is -0.258 e. The van der Waals surface area contributed by atoms with Gasteiger partial charge < -0.3 is 0 Å². The fraction of sp³-hybridized carbons (Fsp3) is 0.429. The van der Waals surface area contributed by atoms with E-state index in [9.17, 15) is 8.78 Å². The molecule has 0 radical (unpaired) electrons. The molecule has 1 N–H and O–H groups in total. The smallest absolute Gasteiger partial charge is 0.177 e. The Bertz CT molecular complexity index is 566.